The molecule has 0 radical (unpaired) electrons. The predicted octanol–water partition coefficient (Wildman–Crippen LogP) is 14.5. The highest BCUT2D eigenvalue weighted by Crippen LogP contribution is 2.45. The molecule has 0 aliphatic heterocycles. The van der Waals surface area contributed by atoms with Gasteiger partial charge in [0.15, 0.2) is 5.82 Å². The molecule has 11 rings (SSSR count). The molecular weight excluding hydrogens is 711 g/mol. The summed E-state index contributed by atoms with van der Waals surface area (Å²) < 4.78 is 2.50. The third-order valence-electron chi connectivity index (χ3n) is 10.9. The molecule has 57 heavy (non-hydrogen) atoms. The van der Waals surface area contributed by atoms with Crippen molar-refractivity contribution in [2.75, 3.05) is 0 Å². The van der Waals surface area contributed by atoms with E-state index < -0.39 is 0 Å². The lowest BCUT2D eigenvalue weighted by molar-refractivity contribution is 1.18. The number of hydrogen-bond acceptors (Lipinski definition) is 4. The highest BCUT2D eigenvalue weighted by atomic mass is 32.1. The van der Waals surface area contributed by atoms with Crippen LogP contribution < -0.4 is 0 Å². The van der Waals surface area contributed by atoms with Gasteiger partial charge in [-0.15, -0.1) is 11.3 Å². The minimum Gasteiger partial charge on any atom is -0.246 e. The first-order valence-electron chi connectivity index (χ1n) is 19.2. The van der Waals surface area contributed by atoms with Gasteiger partial charge in [-0.2, -0.15) is 0 Å². The molecule has 8 aromatic carbocycles. The van der Waals surface area contributed by atoms with Crippen LogP contribution in [-0.2, 0) is 0 Å². The Morgan fingerprint density at radius 3 is 1.65 bits per heavy atom. The van der Waals surface area contributed by atoms with Crippen molar-refractivity contribution >= 4 is 53.2 Å². The van der Waals surface area contributed by atoms with E-state index in [0.717, 1.165) is 61.5 Å². The lowest BCUT2D eigenvalue weighted by Crippen LogP contribution is -1.96. The Balaban J connectivity index is 0.960. The molecule has 3 heterocycles. The Morgan fingerprint density at radius 1 is 0.333 bits per heavy atom. The number of hydrogen-bond donors (Lipinski definition) is 0. The van der Waals surface area contributed by atoms with E-state index in [1.807, 2.05) is 35.6 Å². The van der Waals surface area contributed by atoms with Crippen LogP contribution in [0, 0.1) is 0 Å². The number of rotatable bonds is 6. The molecule has 4 heteroatoms. The fraction of sp³-hybridized carbons (Fsp3) is 0. The Hall–Kier alpha value is -7.27. The van der Waals surface area contributed by atoms with Crippen LogP contribution in [-0.4, -0.2) is 15.0 Å². The molecule has 11 aromatic rings. The average Bonchev–Trinajstić information content (AvgIpc) is 3.69. The van der Waals surface area contributed by atoms with Gasteiger partial charge in [0.2, 0.25) is 0 Å². The third kappa shape index (κ3) is 5.95. The average molecular weight is 744 g/mol. The second-order valence-electron chi connectivity index (χ2n) is 14.4. The molecular formula is C53H33N3S. The summed E-state index contributed by atoms with van der Waals surface area (Å²) in [6, 6.07) is 70.7. The maximum atomic E-state index is 5.34. The molecule has 0 fully saturated rings. The van der Waals surface area contributed by atoms with Crippen LogP contribution in [0.15, 0.2) is 200 Å². The minimum absolute atomic E-state index is 0.705. The Morgan fingerprint density at radius 2 is 0.895 bits per heavy atom. The number of benzene rings is 8. The van der Waals surface area contributed by atoms with E-state index in [1.54, 1.807) is 0 Å². The molecule has 0 aliphatic carbocycles. The van der Waals surface area contributed by atoms with Gasteiger partial charge in [0.25, 0.3) is 0 Å². The molecule has 0 atom stereocenters. The molecule has 266 valence electrons. The monoisotopic (exact) mass is 743 g/mol. The smallest absolute Gasteiger partial charge is 0.160 e. The summed E-state index contributed by atoms with van der Waals surface area (Å²) in [7, 11) is 0. The fourth-order valence-electron chi connectivity index (χ4n) is 8.05. The largest absolute Gasteiger partial charge is 0.246 e. The van der Waals surface area contributed by atoms with E-state index in [-0.39, 0.29) is 0 Å². The van der Waals surface area contributed by atoms with Crippen LogP contribution in [0.3, 0.4) is 0 Å². The highest BCUT2D eigenvalue weighted by molar-refractivity contribution is 7.26. The van der Waals surface area contributed by atoms with Crippen molar-refractivity contribution in [3.63, 3.8) is 0 Å². The molecule has 0 saturated heterocycles. The van der Waals surface area contributed by atoms with E-state index in [1.165, 1.54) is 41.9 Å². The van der Waals surface area contributed by atoms with Crippen LogP contribution in [0.25, 0.3) is 109 Å². The summed E-state index contributed by atoms with van der Waals surface area (Å²) in [5.74, 6) is 0.705. The van der Waals surface area contributed by atoms with E-state index >= 15 is 0 Å². The summed E-state index contributed by atoms with van der Waals surface area (Å²) in [6.45, 7) is 0. The van der Waals surface area contributed by atoms with Crippen LogP contribution in [0.5, 0.6) is 0 Å². The molecule has 0 spiro atoms. The standard InChI is InChI=1S/C53H33N3S/c1-3-12-34(13-4-1)41-17-11-18-42(32-41)47-33-46(55-53(56-47)40-15-5-2-6-16-40)38-26-22-35(23-27-38)36-24-28-39(29-25-36)51-52-50(44-20-9-10-21-48(44)57-52)49-43-19-8-7-14-37(43)30-31-45(49)54-51/h1-33H. The molecule has 3 nitrogen and oxygen atoms in total. The summed E-state index contributed by atoms with van der Waals surface area (Å²) >= 11 is 1.83. The molecule has 0 unspecified atom stereocenters. The zero-order valence-corrected chi connectivity index (χ0v) is 31.6. The topological polar surface area (TPSA) is 38.7 Å². The molecule has 0 amide bonds. The normalized spacial score (nSPS) is 11.5. The zero-order valence-electron chi connectivity index (χ0n) is 30.8. The maximum Gasteiger partial charge on any atom is 0.160 e. The first kappa shape index (κ1) is 33.1. The van der Waals surface area contributed by atoms with Gasteiger partial charge in [0.1, 0.15) is 0 Å². The lowest BCUT2D eigenvalue weighted by Gasteiger charge is -2.12. The maximum absolute atomic E-state index is 5.34. The van der Waals surface area contributed by atoms with Crippen LogP contribution in [0.4, 0.5) is 0 Å². The van der Waals surface area contributed by atoms with Gasteiger partial charge in [-0.05, 0) is 57.3 Å². The Kier molecular flexibility index (Phi) is 8.01. The van der Waals surface area contributed by atoms with Crippen molar-refractivity contribution in [3.8, 4) is 67.4 Å². The SMILES string of the molecule is c1ccc(-c2cccc(-c3cc(-c4ccc(-c5ccc(-c6nc7ccc8ccccc8c7c7c6sc6ccccc67)cc5)cc4)nc(-c4ccccc4)n3)c2)cc1. The van der Waals surface area contributed by atoms with Gasteiger partial charge in [0, 0.05) is 43.1 Å². The first-order chi connectivity index (χ1) is 28.2. The van der Waals surface area contributed by atoms with Crippen molar-refractivity contribution < 1.29 is 0 Å². The second kappa shape index (κ2) is 13.8. The van der Waals surface area contributed by atoms with Crippen LogP contribution in [0.1, 0.15) is 0 Å². The van der Waals surface area contributed by atoms with E-state index in [9.17, 15) is 0 Å². The predicted molar refractivity (Wildman–Crippen MR) is 240 cm³/mol. The third-order valence-corrected chi connectivity index (χ3v) is 12.1. The first-order valence-corrected chi connectivity index (χ1v) is 20.0. The number of fused-ring (bicyclic) bond motifs is 7. The summed E-state index contributed by atoms with van der Waals surface area (Å²) in [4.78, 5) is 15.5. The second-order valence-corrected chi connectivity index (χ2v) is 15.4. The van der Waals surface area contributed by atoms with Crippen molar-refractivity contribution in [2.45, 2.75) is 0 Å². The summed E-state index contributed by atoms with van der Waals surface area (Å²) in [5.41, 5.74) is 12.6. The highest BCUT2D eigenvalue weighted by Gasteiger charge is 2.18. The number of aromatic nitrogens is 3. The van der Waals surface area contributed by atoms with Gasteiger partial charge in [-0.25, -0.2) is 15.0 Å². The summed E-state index contributed by atoms with van der Waals surface area (Å²) in [5, 5.41) is 6.28. The van der Waals surface area contributed by atoms with Crippen molar-refractivity contribution in [2.24, 2.45) is 0 Å². The van der Waals surface area contributed by atoms with Crippen molar-refractivity contribution in [1.82, 2.24) is 15.0 Å². The molecule has 0 aliphatic rings. The Bertz CT molecular complexity index is 3260. The van der Waals surface area contributed by atoms with E-state index in [4.69, 9.17) is 15.0 Å². The molecule has 0 saturated carbocycles. The van der Waals surface area contributed by atoms with Gasteiger partial charge < -0.3 is 0 Å². The quantitative estimate of drug-likeness (QED) is 0.159. The minimum atomic E-state index is 0.705. The zero-order chi connectivity index (χ0) is 37.7. The number of nitrogens with zero attached hydrogens (tertiary/aromatic N) is 3. The fourth-order valence-corrected chi connectivity index (χ4v) is 9.27. The van der Waals surface area contributed by atoms with E-state index in [0.29, 0.717) is 5.82 Å². The van der Waals surface area contributed by atoms with Gasteiger partial charge in [0.05, 0.1) is 27.3 Å². The van der Waals surface area contributed by atoms with Crippen LogP contribution >= 0.6 is 11.3 Å². The lowest BCUT2D eigenvalue weighted by atomic mass is 9.97. The van der Waals surface area contributed by atoms with Gasteiger partial charge in [-0.3, -0.25) is 0 Å². The van der Waals surface area contributed by atoms with Crippen molar-refractivity contribution in [1.29, 1.82) is 0 Å². The Labute approximate surface area is 334 Å². The molecule has 0 bridgehead atoms. The summed E-state index contributed by atoms with van der Waals surface area (Å²) in [6.07, 6.45) is 0. The van der Waals surface area contributed by atoms with Crippen LogP contribution in [0.2, 0.25) is 0 Å². The number of pyridine rings is 1. The number of thiophene rings is 1. The molecule has 0 N–H and O–H groups in total. The molecule has 3 aromatic heterocycles. The van der Waals surface area contributed by atoms with Crippen molar-refractivity contribution in [3.05, 3.63) is 200 Å². The van der Waals surface area contributed by atoms with Gasteiger partial charge in [-0.1, -0.05) is 176 Å². The van der Waals surface area contributed by atoms with E-state index in [2.05, 4.69) is 176 Å². The van der Waals surface area contributed by atoms with Gasteiger partial charge >= 0.3 is 0 Å².